The molecule has 90 valence electrons. The van der Waals surface area contributed by atoms with E-state index in [1.807, 2.05) is 24.3 Å². The van der Waals surface area contributed by atoms with Crippen LogP contribution in [0.15, 0.2) is 24.3 Å². The van der Waals surface area contributed by atoms with Gasteiger partial charge in [0.2, 0.25) is 0 Å². The number of hydrogen-bond acceptors (Lipinski definition) is 2. The molecule has 1 heterocycles. The van der Waals surface area contributed by atoms with Crippen molar-refractivity contribution >= 4 is 11.6 Å². The third kappa shape index (κ3) is 3.96. The summed E-state index contributed by atoms with van der Waals surface area (Å²) in [5, 5.41) is 0. The molecule has 0 spiro atoms. The van der Waals surface area contributed by atoms with Crippen molar-refractivity contribution in [3.63, 3.8) is 0 Å². The molecular formula is C14H15ClO2. The van der Waals surface area contributed by atoms with Gasteiger partial charge < -0.3 is 9.47 Å². The molecule has 1 unspecified atom stereocenters. The molecule has 1 atom stereocenters. The Morgan fingerprint density at radius 2 is 2.41 bits per heavy atom. The van der Waals surface area contributed by atoms with Crippen molar-refractivity contribution < 1.29 is 9.47 Å². The molecule has 1 fully saturated rings. The van der Waals surface area contributed by atoms with Crippen LogP contribution in [0.1, 0.15) is 18.4 Å². The van der Waals surface area contributed by atoms with E-state index in [-0.39, 0.29) is 6.10 Å². The SMILES string of the molecule is ClCC#Cc1cccc(OCC2CCCO2)c1. The number of benzene rings is 1. The summed E-state index contributed by atoms with van der Waals surface area (Å²) in [4.78, 5) is 0. The van der Waals surface area contributed by atoms with Crippen LogP contribution in [0.3, 0.4) is 0 Å². The van der Waals surface area contributed by atoms with Crippen molar-refractivity contribution in [2.45, 2.75) is 18.9 Å². The van der Waals surface area contributed by atoms with Crippen LogP contribution < -0.4 is 4.74 Å². The molecule has 1 saturated heterocycles. The fourth-order valence-corrected chi connectivity index (χ4v) is 1.83. The van der Waals surface area contributed by atoms with E-state index in [2.05, 4.69) is 11.8 Å². The minimum Gasteiger partial charge on any atom is -0.491 e. The lowest BCUT2D eigenvalue weighted by atomic mass is 10.2. The Kier molecular flexibility index (Phi) is 4.73. The van der Waals surface area contributed by atoms with Crippen LogP contribution in [0.25, 0.3) is 0 Å². The highest BCUT2D eigenvalue weighted by Gasteiger charge is 2.15. The van der Waals surface area contributed by atoms with Crippen LogP contribution in [0, 0.1) is 11.8 Å². The van der Waals surface area contributed by atoms with Gasteiger partial charge in [0.15, 0.2) is 0 Å². The molecule has 2 nitrogen and oxygen atoms in total. The molecule has 1 aromatic carbocycles. The van der Waals surface area contributed by atoms with Gasteiger partial charge in [-0.05, 0) is 31.0 Å². The minimum absolute atomic E-state index is 0.243. The molecule has 0 amide bonds. The van der Waals surface area contributed by atoms with Crippen LogP contribution >= 0.6 is 11.6 Å². The van der Waals surface area contributed by atoms with Gasteiger partial charge in [-0.1, -0.05) is 17.9 Å². The van der Waals surface area contributed by atoms with Gasteiger partial charge in [-0.3, -0.25) is 0 Å². The second-order valence-electron chi connectivity index (χ2n) is 3.91. The van der Waals surface area contributed by atoms with E-state index in [0.29, 0.717) is 12.5 Å². The molecule has 0 aromatic heterocycles. The molecule has 1 aromatic rings. The highest BCUT2D eigenvalue weighted by Crippen LogP contribution is 2.16. The maximum atomic E-state index is 5.68. The normalized spacial score (nSPS) is 18.5. The lowest BCUT2D eigenvalue weighted by molar-refractivity contribution is 0.0679. The molecule has 0 saturated carbocycles. The van der Waals surface area contributed by atoms with Crippen LogP contribution in [0.4, 0.5) is 0 Å². The van der Waals surface area contributed by atoms with Crippen LogP contribution in [0.5, 0.6) is 5.75 Å². The van der Waals surface area contributed by atoms with Gasteiger partial charge >= 0.3 is 0 Å². The molecule has 17 heavy (non-hydrogen) atoms. The van der Waals surface area contributed by atoms with Gasteiger partial charge in [0.25, 0.3) is 0 Å². The van der Waals surface area contributed by atoms with Gasteiger partial charge in [0.1, 0.15) is 12.4 Å². The first-order valence-electron chi connectivity index (χ1n) is 5.78. The Morgan fingerprint density at radius 1 is 1.47 bits per heavy atom. The molecule has 0 bridgehead atoms. The van der Waals surface area contributed by atoms with Crippen molar-refractivity contribution in [2.24, 2.45) is 0 Å². The van der Waals surface area contributed by atoms with E-state index < -0.39 is 0 Å². The third-order valence-corrected chi connectivity index (χ3v) is 2.73. The molecule has 1 aliphatic heterocycles. The van der Waals surface area contributed by atoms with Gasteiger partial charge in [-0.2, -0.15) is 0 Å². The van der Waals surface area contributed by atoms with Crippen molar-refractivity contribution in [3.8, 4) is 17.6 Å². The summed E-state index contributed by atoms with van der Waals surface area (Å²) in [6.45, 7) is 1.47. The topological polar surface area (TPSA) is 18.5 Å². The Balaban J connectivity index is 1.91. The van der Waals surface area contributed by atoms with Crippen LogP contribution in [-0.2, 0) is 4.74 Å². The minimum atomic E-state index is 0.243. The summed E-state index contributed by atoms with van der Waals surface area (Å²) in [6, 6.07) is 7.73. The molecule has 0 radical (unpaired) electrons. The first kappa shape index (κ1) is 12.3. The number of ether oxygens (including phenoxy) is 2. The number of hydrogen-bond donors (Lipinski definition) is 0. The van der Waals surface area contributed by atoms with E-state index in [1.54, 1.807) is 0 Å². The van der Waals surface area contributed by atoms with Crippen LogP contribution in [0.2, 0.25) is 0 Å². The lowest BCUT2D eigenvalue weighted by Crippen LogP contribution is -2.16. The second-order valence-corrected chi connectivity index (χ2v) is 4.18. The maximum Gasteiger partial charge on any atom is 0.120 e. The predicted octanol–water partition coefficient (Wildman–Crippen LogP) is 2.83. The Morgan fingerprint density at radius 3 is 3.18 bits per heavy atom. The molecule has 0 aliphatic carbocycles. The number of rotatable bonds is 3. The highest BCUT2D eigenvalue weighted by atomic mass is 35.5. The van der Waals surface area contributed by atoms with Crippen molar-refractivity contribution in [1.29, 1.82) is 0 Å². The zero-order chi connectivity index (χ0) is 11.9. The van der Waals surface area contributed by atoms with E-state index in [9.17, 15) is 0 Å². The van der Waals surface area contributed by atoms with Crippen molar-refractivity contribution in [2.75, 3.05) is 19.1 Å². The Hall–Kier alpha value is -1.17. The monoisotopic (exact) mass is 250 g/mol. The van der Waals surface area contributed by atoms with Crippen molar-refractivity contribution in [1.82, 2.24) is 0 Å². The quantitative estimate of drug-likeness (QED) is 0.607. The largest absolute Gasteiger partial charge is 0.491 e. The Bertz CT molecular complexity index is 414. The van der Waals surface area contributed by atoms with E-state index in [0.717, 1.165) is 30.8 Å². The van der Waals surface area contributed by atoms with Crippen molar-refractivity contribution in [3.05, 3.63) is 29.8 Å². The molecule has 0 N–H and O–H groups in total. The van der Waals surface area contributed by atoms with Gasteiger partial charge in [0.05, 0.1) is 12.0 Å². The summed E-state index contributed by atoms with van der Waals surface area (Å²) >= 11 is 5.52. The fourth-order valence-electron chi connectivity index (χ4n) is 1.76. The maximum absolute atomic E-state index is 5.68. The first-order chi connectivity index (χ1) is 8.38. The summed E-state index contributed by atoms with van der Waals surface area (Å²) in [7, 11) is 0. The molecule has 2 rings (SSSR count). The average Bonchev–Trinajstić information content (AvgIpc) is 2.87. The van der Waals surface area contributed by atoms with Gasteiger partial charge in [-0.25, -0.2) is 0 Å². The number of halogens is 1. The average molecular weight is 251 g/mol. The summed E-state index contributed by atoms with van der Waals surface area (Å²) in [5.41, 5.74) is 0.926. The van der Waals surface area contributed by atoms with E-state index >= 15 is 0 Å². The van der Waals surface area contributed by atoms with Gasteiger partial charge in [-0.15, -0.1) is 11.6 Å². The van der Waals surface area contributed by atoms with E-state index in [4.69, 9.17) is 21.1 Å². The number of alkyl halides is 1. The molecule has 1 aliphatic rings. The summed E-state index contributed by atoms with van der Waals surface area (Å²) in [6.07, 6.45) is 2.47. The first-order valence-corrected chi connectivity index (χ1v) is 6.31. The summed E-state index contributed by atoms with van der Waals surface area (Å²) in [5.74, 6) is 6.98. The second kappa shape index (κ2) is 6.54. The standard InChI is InChI=1S/C14H15ClO2/c15-8-2-5-12-4-1-6-13(10-12)17-11-14-7-3-9-16-14/h1,4,6,10,14H,3,7-9,11H2. The third-order valence-electron chi connectivity index (χ3n) is 2.59. The predicted molar refractivity (Wildman–Crippen MR) is 68.5 cm³/mol. The molecular weight excluding hydrogens is 236 g/mol. The highest BCUT2D eigenvalue weighted by molar-refractivity contribution is 6.19. The molecule has 3 heteroatoms. The summed E-state index contributed by atoms with van der Waals surface area (Å²) < 4.78 is 11.2. The smallest absolute Gasteiger partial charge is 0.120 e. The zero-order valence-corrected chi connectivity index (χ0v) is 10.4. The van der Waals surface area contributed by atoms with Crippen LogP contribution in [-0.4, -0.2) is 25.2 Å². The van der Waals surface area contributed by atoms with E-state index in [1.165, 1.54) is 0 Å². The zero-order valence-electron chi connectivity index (χ0n) is 9.62. The Labute approximate surface area is 107 Å². The fraction of sp³-hybridized carbons (Fsp3) is 0.429. The lowest BCUT2D eigenvalue weighted by Gasteiger charge is -2.11. The van der Waals surface area contributed by atoms with Gasteiger partial charge in [0, 0.05) is 12.2 Å².